The van der Waals surface area contributed by atoms with Crippen molar-refractivity contribution in [2.75, 3.05) is 13.1 Å². The fraction of sp³-hybridized carbons (Fsp3) is 0.450. The number of aromatic nitrogens is 2. The Bertz CT molecular complexity index is 788. The van der Waals surface area contributed by atoms with Crippen LogP contribution in [0.5, 0.6) is 0 Å². The van der Waals surface area contributed by atoms with Gasteiger partial charge in [-0.25, -0.2) is 4.79 Å². The number of aryl methyl sites for hydroxylation is 2. The van der Waals surface area contributed by atoms with Gasteiger partial charge in [-0.3, -0.25) is 14.8 Å². The first-order valence-electron chi connectivity index (χ1n) is 9.32. The predicted octanol–water partition coefficient (Wildman–Crippen LogP) is 2.57. The van der Waals surface area contributed by atoms with Gasteiger partial charge in [0.1, 0.15) is 0 Å². The number of carbonyl (C=O) groups excluding carboxylic acids is 1. The van der Waals surface area contributed by atoms with Gasteiger partial charge in [0, 0.05) is 23.4 Å². The molecular weight excluding hydrogens is 344 g/mol. The molecule has 1 aromatic heterocycles. The Kier molecular flexibility index (Phi) is 5.91. The predicted molar refractivity (Wildman–Crippen MR) is 101 cm³/mol. The average Bonchev–Trinajstić information content (AvgIpc) is 2.99. The number of carboxylic acids is 1. The van der Waals surface area contributed by atoms with Gasteiger partial charge in [-0.15, -0.1) is 0 Å². The minimum atomic E-state index is -1.13. The number of rotatable bonds is 6. The topological polar surface area (TPSA) is 98.3 Å². The molecule has 7 nitrogen and oxygen atoms in total. The molecule has 2 aromatic rings. The quantitative estimate of drug-likeness (QED) is 0.726. The molecule has 0 saturated carbocycles. The Morgan fingerprint density at radius 3 is 2.41 bits per heavy atom. The largest absolute Gasteiger partial charge is 0.479 e. The van der Waals surface area contributed by atoms with Gasteiger partial charge >= 0.3 is 5.97 Å². The van der Waals surface area contributed by atoms with E-state index in [2.05, 4.69) is 20.4 Å². The smallest absolute Gasteiger partial charge is 0.331 e. The van der Waals surface area contributed by atoms with Crippen LogP contribution in [0.4, 0.5) is 0 Å². The fourth-order valence-corrected chi connectivity index (χ4v) is 3.59. The first kappa shape index (κ1) is 19.1. The zero-order chi connectivity index (χ0) is 19.4. The molecule has 1 saturated heterocycles. The molecule has 0 spiro atoms. The van der Waals surface area contributed by atoms with Crippen LogP contribution in [0.25, 0.3) is 0 Å². The number of nitrogens with one attached hydrogen (secondary N) is 2. The molecule has 0 aliphatic carbocycles. The van der Waals surface area contributed by atoms with E-state index in [0.717, 1.165) is 25.2 Å². The van der Waals surface area contributed by atoms with Crippen molar-refractivity contribution in [1.82, 2.24) is 20.4 Å². The second-order valence-corrected chi connectivity index (χ2v) is 7.13. The summed E-state index contributed by atoms with van der Waals surface area (Å²) in [5.41, 5.74) is 3.30. The van der Waals surface area contributed by atoms with E-state index in [1.165, 1.54) is 19.3 Å². The molecule has 7 heteroatoms. The van der Waals surface area contributed by atoms with E-state index < -0.39 is 17.9 Å². The first-order valence-corrected chi connectivity index (χ1v) is 9.32. The summed E-state index contributed by atoms with van der Waals surface area (Å²) in [6.07, 6.45) is 3.78. The van der Waals surface area contributed by atoms with Crippen LogP contribution in [0.3, 0.4) is 0 Å². The average molecular weight is 370 g/mol. The van der Waals surface area contributed by atoms with Gasteiger partial charge in [0.05, 0.1) is 5.69 Å². The van der Waals surface area contributed by atoms with Crippen LogP contribution in [0.2, 0.25) is 0 Å². The van der Waals surface area contributed by atoms with Crippen molar-refractivity contribution in [2.45, 2.75) is 45.7 Å². The lowest BCUT2D eigenvalue weighted by Gasteiger charge is -2.26. The second kappa shape index (κ2) is 8.35. The maximum Gasteiger partial charge on any atom is 0.331 e. The minimum absolute atomic E-state index is 0.410. The summed E-state index contributed by atoms with van der Waals surface area (Å²) < 4.78 is 0. The maximum absolute atomic E-state index is 12.6. The molecule has 0 bridgehead atoms. The summed E-state index contributed by atoms with van der Waals surface area (Å²) >= 11 is 0. The normalized spacial score (nSPS) is 16.1. The third kappa shape index (κ3) is 4.54. The molecular formula is C20H26N4O3. The number of hydrogen-bond donors (Lipinski definition) is 3. The number of likely N-dealkylation sites (tertiary alicyclic amines) is 1. The standard InChI is InChI=1S/C20H26N4O3/c1-13-17(14(2)23-22-13)18(20(26)27)21-19(25)16-8-6-15(7-9-16)12-24-10-4-3-5-11-24/h6-9,18H,3-5,10-12H2,1-2H3,(H,21,25)(H,22,23)(H,26,27)/t18-/m0/s1. The Morgan fingerprint density at radius 2 is 1.85 bits per heavy atom. The van der Waals surface area contributed by atoms with E-state index in [9.17, 15) is 14.7 Å². The Morgan fingerprint density at radius 1 is 1.19 bits per heavy atom. The third-order valence-corrected chi connectivity index (χ3v) is 5.07. The lowest BCUT2D eigenvalue weighted by molar-refractivity contribution is -0.139. The number of aliphatic carboxylic acids is 1. The number of benzene rings is 1. The van der Waals surface area contributed by atoms with E-state index >= 15 is 0 Å². The molecule has 1 atom stereocenters. The minimum Gasteiger partial charge on any atom is -0.479 e. The highest BCUT2D eigenvalue weighted by Crippen LogP contribution is 2.21. The van der Waals surface area contributed by atoms with Gasteiger partial charge in [-0.1, -0.05) is 18.6 Å². The molecule has 2 heterocycles. The zero-order valence-electron chi connectivity index (χ0n) is 15.8. The van der Waals surface area contributed by atoms with E-state index in [4.69, 9.17) is 0 Å². The third-order valence-electron chi connectivity index (χ3n) is 5.07. The zero-order valence-corrected chi connectivity index (χ0v) is 15.8. The molecule has 3 N–H and O–H groups in total. The summed E-state index contributed by atoms with van der Waals surface area (Å²) in [5.74, 6) is -1.52. The van der Waals surface area contributed by atoms with Gasteiger partial charge < -0.3 is 10.4 Å². The lowest BCUT2D eigenvalue weighted by atomic mass is 10.0. The van der Waals surface area contributed by atoms with Crippen molar-refractivity contribution >= 4 is 11.9 Å². The van der Waals surface area contributed by atoms with E-state index in [-0.39, 0.29) is 0 Å². The highest BCUT2D eigenvalue weighted by atomic mass is 16.4. The van der Waals surface area contributed by atoms with E-state index in [0.29, 0.717) is 22.5 Å². The molecule has 0 radical (unpaired) electrons. The summed E-state index contributed by atoms with van der Waals surface area (Å²) in [6.45, 7) is 6.58. The number of hydrogen-bond acceptors (Lipinski definition) is 4. The summed E-state index contributed by atoms with van der Waals surface area (Å²) in [4.78, 5) is 26.7. The molecule has 1 amide bonds. The number of amides is 1. The van der Waals surface area contributed by atoms with Crippen LogP contribution in [0.1, 0.15) is 58.2 Å². The van der Waals surface area contributed by atoms with E-state index in [1.54, 1.807) is 26.0 Å². The van der Waals surface area contributed by atoms with E-state index in [1.807, 2.05) is 12.1 Å². The summed E-state index contributed by atoms with van der Waals surface area (Å²) in [6, 6.07) is 6.25. The van der Waals surface area contributed by atoms with Gasteiger partial charge in [-0.05, 0) is 57.5 Å². The molecule has 1 aromatic carbocycles. The first-order chi connectivity index (χ1) is 13.0. The molecule has 0 unspecified atom stereocenters. The number of piperidine rings is 1. The molecule has 27 heavy (non-hydrogen) atoms. The van der Waals surface area contributed by atoms with Gasteiger partial charge in [0.2, 0.25) is 0 Å². The van der Waals surface area contributed by atoms with Crippen molar-refractivity contribution in [2.24, 2.45) is 0 Å². The monoisotopic (exact) mass is 370 g/mol. The second-order valence-electron chi connectivity index (χ2n) is 7.13. The number of nitrogens with zero attached hydrogens (tertiary/aromatic N) is 2. The lowest BCUT2D eigenvalue weighted by Crippen LogP contribution is -2.34. The van der Waals surface area contributed by atoms with Crippen molar-refractivity contribution in [3.8, 4) is 0 Å². The van der Waals surface area contributed by atoms with Crippen LogP contribution < -0.4 is 5.32 Å². The van der Waals surface area contributed by atoms with Gasteiger partial charge in [0.15, 0.2) is 6.04 Å². The van der Waals surface area contributed by atoms with Gasteiger partial charge in [0.25, 0.3) is 5.91 Å². The molecule has 1 aliphatic rings. The highest BCUT2D eigenvalue weighted by Gasteiger charge is 2.27. The summed E-state index contributed by atoms with van der Waals surface area (Å²) in [5, 5.41) is 18.9. The highest BCUT2D eigenvalue weighted by molar-refractivity contribution is 5.97. The Hall–Kier alpha value is -2.67. The Balaban J connectivity index is 1.68. The van der Waals surface area contributed by atoms with Crippen molar-refractivity contribution < 1.29 is 14.7 Å². The number of aromatic amines is 1. The van der Waals surface area contributed by atoms with Gasteiger partial charge in [-0.2, -0.15) is 5.10 Å². The van der Waals surface area contributed by atoms with Crippen molar-refractivity contribution in [3.63, 3.8) is 0 Å². The molecule has 144 valence electrons. The molecule has 1 fully saturated rings. The summed E-state index contributed by atoms with van der Waals surface area (Å²) in [7, 11) is 0. The Labute approximate surface area is 158 Å². The van der Waals surface area contributed by atoms with Crippen LogP contribution >= 0.6 is 0 Å². The number of carboxylic acid groups (broad SMARTS) is 1. The SMILES string of the molecule is Cc1n[nH]c(C)c1[C@H](NC(=O)c1ccc(CN2CCCCC2)cc1)C(=O)O. The van der Waals surface area contributed by atoms with Crippen LogP contribution in [0.15, 0.2) is 24.3 Å². The molecule has 1 aliphatic heterocycles. The van der Waals surface area contributed by atoms with Crippen LogP contribution in [-0.4, -0.2) is 45.2 Å². The molecule has 3 rings (SSSR count). The van der Waals surface area contributed by atoms with Crippen molar-refractivity contribution in [1.29, 1.82) is 0 Å². The maximum atomic E-state index is 12.6. The fourth-order valence-electron chi connectivity index (χ4n) is 3.59. The van der Waals surface area contributed by atoms with Crippen LogP contribution in [0, 0.1) is 13.8 Å². The van der Waals surface area contributed by atoms with Crippen molar-refractivity contribution in [3.05, 3.63) is 52.3 Å². The van der Waals surface area contributed by atoms with Crippen LogP contribution in [-0.2, 0) is 11.3 Å². The number of carbonyl (C=O) groups is 2. The number of H-pyrrole nitrogens is 1.